The third-order valence-electron chi connectivity index (χ3n) is 8.17. The monoisotopic (exact) mass is 591 g/mol. The summed E-state index contributed by atoms with van der Waals surface area (Å²) in [7, 11) is 0. The molecule has 3 aliphatic heterocycles. The maximum Gasteiger partial charge on any atom is 0.408 e. The fourth-order valence-corrected chi connectivity index (χ4v) is 5.59. The van der Waals surface area contributed by atoms with Gasteiger partial charge in [0.15, 0.2) is 5.60 Å². The Bertz CT molecular complexity index is 1090. The van der Waals surface area contributed by atoms with E-state index in [1.165, 1.54) is 4.90 Å². The maximum absolute atomic E-state index is 14.2. The number of hydrogen-bond acceptors (Lipinski definition) is 9. The Labute approximate surface area is 246 Å². The summed E-state index contributed by atoms with van der Waals surface area (Å²) in [5, 5.41) is 12.4. The lowest BCUT2D eigenvalue weighted by Gasteiger charge is -2.35. The van der Waals surface area contributed by atoms with Gasteiger partial charge in [-0.15, -0.1) is 0 Å². The minimum absolute atomic E-state index is 0.00391. The molecule has 3 N–H and O–H groups in total. The number of oxime groups is 1. The van der Waals surface area contributed by atoms with Crippen molar-refractivity contribution in [1.82, 2.24) is 20.9 Å². The van der Waals surface area contributed by atoms with Gasteiger partial charge in [0.1, 0.15) is 18.2 Å². The first kappa shape index (κ1) is 31.7. The molecular formula is C29H45N5O8. The molecule has 0 aromatic heterocycles. The molecule has 4 amide bonds. The van der Waals surface area contributed by atoms with Gasteiger partial charge in [-0.05, 0) is 31.1 Å². The fourth-order valence-electron chi connectivity index (χ4n) is 5.59. The Morgan fingerprint density at radius 3 is 2.43 bits per heavy atom. The number of alkyl carbamates (subject to hydrolysis) is 1. The summed E-state index contributed by atoms with van der Waals surface area (Å²) in [6.45, 7) is 10.1. The molecule has 13 nitrogen and oxygen atoms in total. The molecule has 42 heavy (non-hydrogen) atoms. The van der Waals surface area contributed by atoms with Gasteiger partial charge in [0, 0.05) is 25.3 Å². The zero-order valence-corrected chi connectivity index (χ0v) is 25.3. The van der Waals surface area contributed by atoms with Crippen molar-refractivity contribution in [2.24, 2.45) is 10.6 Å². The van der Waals surface area contributed by atoms with Crippen LogP contribution in [0, 0.1) is 5.41 Å². The van der Waals surface area contributed by atoms with Gasteiger partial charge in [-0.2, -0.15) is 0 Å². The lowest BCUT2D eigenvalue weighted by molar-refractivity contribution is -0.144. The molecule has 1 aliphatic carbocycles. The van der Waals surface area contributed by atoms with Gasteiger partial charge in [0.25, 0.3) is 5.91 Å². The van der Waals surface area contributed by atoms with E-state index in [4.69, 9.17) is 14.3 Å². The van der Waals surface area contributed by atoms with Crippen molar-refractivity contribution in [3.8, 4) is 0 Å². The summed E-state index contributed by atoms with van der Waals surface area (Å²) in [6.07, 6.45) is 3.21. The van der Waals surface area contributed by atoms with Crippen LogP contribution in [0.5, 0.6) is 0 Å². The molecule has 0 aromatic carbocycles. The number of ether oxygens (including phenoxy) is 2. The van der Waals surface area contributed by atoms with E-state index in [9.17, 15) is 24.0 Å². The highest BCUT2D eigenvalue weighted by molar-refractivity contribution is 6.38. The van der Waals surface area contributed by atoms with Crippen molar-refractivity contribution in [2.45, 2.75) is 122 Å². The van der Waals surface area contributed by atoms with E-state index in [0.29, 0.717) is 38.9 Å². The molecule has 4 aliphatic rings. The number of Topliss-reactive ketones (excluding diaryl/α,β-unsaturated/α-hetero) is 1. The highest BCUT2D eigenvalue weighted by Gasteiger charge is 2.55. The Kier molecular flexibility index (Phi) is 9.79. The molecule has 0 aromatic rings. The summed E-state index contributed by atoms with van der Waals surface area (Å²) in [5.74, 6) is -2.45. The molecule has 3 heterocycles. The Hall–Kier alpha value is -3.22. The molecule has 1 spiro atoms. The molecule has 0 bridgehead atoms. The van der Waals surface area contributed by atoms with Crippen LogP contribution in [0.2, 0.25) is 0 Å². The Morgan fingerprint density at radius 2 is 1.86 bits per heavy atom. The molecule has 4 rings (SSSR count). The average molecular weight is 592 g/mol. The minimum atomic E-state index is -1.03. The number of ketones is 1. The molecule has 3 fully saturated rings. The van der Waals surface area contributed by atoms with Crippen LogP contribution in [-0.2, 0) is 33.5 Å². The first-order valence-electron chi connectivity index (χ1n) is 15.1. The predicted molar refractivity (Wildman–Crippen MR) is 151 cm³/mol. The van der Waals surface area contributed by atoms with Gasteiger partial charge >= 0.3 is 6.09 Å². The normalized spacial score (nSPS) is 26.7. The Balaban J connectivity index is 1.54. The van der Waals surface area contributed by atoms with E-state index < -0.39 is 64.8 Å². The van der Waals surface area contributed by atoms with Crippen LogP contribution in [0.15, 0.2) is 5.16 Å². The van der Waals surface area contributed by atoms with E-state index in [2.05, 4.69) is 21.1 Å². The van der Waals surface area contributed by atoms with E-state index in [0.717, 1.165) is 18.6 Å². The number of nitrogens with zero attached hydrogens (tertiary/aromatic N) is 2. The molecule has 13 heteroatoms. The largest absolute Gasteiger partial charge is 0.444 e. The van der Waals surface area contributed by atoms with Crippen molar-refractivity contribution in [1.29, 1.82) is 0 Å². The van der Waals surface area contributed by atoms with Crippen molar-refractivity contribution < 1.29 is 38.3 Å². The number of amides is 4. The lowest BCUT2D eigenvalue weighted by Crippen LogP contribution is -2.59. The standard InChI is InChI=1S/C29H45N5O8/c1-6-8-20(22(35)25(37)30-18-9-10-18)31-24(36)21-14-29(13-17(7-2)33-42-29)16-34(21)26(38)23(28(3,4)5)32-27(39)41-19-11-12-40-15-19/h18-21,23H,6-16H2,1-5H3,(H,30,37)(H,31,36)(H,32,39)/t19-,20+,21+,23-,29-/m1/s1. The summed E-state index contributed by atoms with van der Waals surface area (Å²) < 4.78 is 10.7. The van der Waals surface area contributed by atoms with E-state index in [1.807, 2.05) is 34.6 Å². The molecule has 5 atom stereocenters. The second-order valence-electron chi connectivity index (χ2n) is 12.9. The fraction of sp³-hybridized carbons (Fsp3) is 0.793. The van der Waals surface area contributed by atoms with E-state index >= 15 is 0 Å². The second kappa shape index (κ2) is 13.0. The maximum atomic E-state index is 14.2. The van der Waals surface area contributed by atoms with Gasteiger partial charge in [-0.1, -0.05) is 46.2 Å². The van der Waals surface area contributed by atoms with Gasteiger partial charge < -0.3 is 35.2 Å². The van der Waals surface area contributed by atoms with Crippen LogP contribution < -0.4 is 16.0 Å². The van der Waals surface area contributed by atoms with Gasteiger partial charge in [0.2, 0.25) is 17.6 Å². The second-order valence-corrected chi connectivity index (χ2v) is 12.9. The molecule has 0 unspecified atom stereocenters. The number of carbonyl (C=O) groups excluding carboxylic acids is 5. The average Bonchev–Trinajstić information content (AvgIpc) is 3.29. The summed E-state index contributed by atoms with van der Waals surface area (Å²) in [6, 6.07) is -3.05. The number of likely N-dealkylation sites (tertiary alicyclic amines) is 1. The zero-order valence-electron chi connectivity index (χ0n) is 25.3. The van der Waals surface area contributed by atoms with Gasteiger partial charge in [-0.25, -0.2) is 4.79 Å². The molecule has 234 valence electrons. The van der Waals surface area contributed by atoms with Crippen LogP contribution in [-0.4, -0.2) is 95.8 Å². The van der Waals surface area contributed by atoms with Crippen molar-refractivity contribution in [2.75, 3.05) is 19.8 Å². The highest BCUT2D eigenvalue weighted by Crippen LogP contribution is 2.39. The van der Waals surface area contributed by atoms with Crippen molar-refractivity contribution >= 4 is 35.3 Å². The van der Waals surface area contributed by atoms with E-state index in [-0.39, 0.29) is 25.4 Å². The minimum Gasteiger partial charge on any atom is -0.444 e. The van der Waals surface area contributed by atoms with Crippen LogP contribution in [0.25, 0.3) is 0 Å². The highest BCUT2D eigenvalue weighted by atomic mass is 16.7. The third kappa shape index (κ3) is 7.59. The quantitative estimate of drug-likeness (QED) is 0.305. The summed E-state index contributed by atoms with van der Waals surface area (Å²) in [5.41, 5.74) is -0.810. The topological polar surface area (TPSA) is 165 Å². The van der Waals surface area contributed by atoms with Crippen molar-refractivity contribution in [3.63, 3.8) is 0 Å². The smallest absolute Gasteiger partial charge is 0.408 e. The molecule has 1 saturated carbocycles. The first-order chi connectivity index (χ1) is 19.9. The summed E-state index contributed by atoms with van der Waals surface area (Å²) >= 11 is 0. The molecule has 2 saturated heterocycles. The molecular weight excluding hydrogens is 546 g/mol. The van der Waals surface area contributed by atoms with Crippen LogP contribution >= 0.6 is 0 Å². The molecule has 0 radical (unpaired) electrons. The summed E-state index contributed by atoms with van der Waals surface area (Å²) in [4.78, 5) is 73.5. The number of nitrogens with one attached hydrogen (secondary N) is 3. The number of carbonyl (C=O) groups is 5. The van der Waals surface area contributed by atoms with Crippen LogP contribution in [0.4, 0.5) is 4.79 Å². The first-order valence-corrected chi connectivity index (χ1v) is 15.1. The third-order valence-corrected chi connectivity index (χ3v) is 8.17. The predicted octanol–water partition coefficient (Wildman–Crippen LogP) is 1.57. The lowest BCUT2D eigenvalue weighted by atomic mass is 9.85. The van der Waals surface area contributed by atoms with Crippen molar-refractivity contribution in [3.05, 3.63) is 0 Å². The number of rotatable bonds is 11. The van der Waals surface area contributed by atoms with E-state index in [1.54, 1.807) is 0 Å². The van der Waals surface area contributed by atoms with Gasteiger partial charge in [0.05, 0.1) is 31.5 Å². The van der Waals surface area contributed by atoms with Gasteiger partial charge in [-0.3, -0.25) is 19.2 Å². The number of hydrogen-bond donors (Lipinski definition) is 3. The van der Waals surface area contributed by atoms with Crippen LogP contribution in [0.1, 0.15) is 86.0 Å². The Morgan fingerprint density at radius 1 is 1.12 bits per heavy atom. The van der Waals surface area contributed by atoms with Crippen LogP contribution in [0.3, 0.4) is 0 Å². The zero-order chi connectivity index (χ0) is 30.7. The SMILES string of the molecule is CCC[C@H](NC(=O)[C@@H]1C[C@]2(CC(CC)=NO2)CN1C(=O)[C@@H](NC(=O)O[C@@H]1CCOC1)C(C)(C)C)C(=O)C(=O)NC1CC1.